The topological polar surface area (TPSA) is 21.3 Å². The van der Waals surface area contributed by atoms with Gasteiger partial charge < -0.3 is 10.1 Å². The molecule has 0 bridgehead atoms. The number of nitrogens with one attached hydrogen (secondary N) is 1. The van der Waals surface area contributed by atoms with Crippen molar-refractivity contribution in [3.05, 3.63) is 65.2 Å². The van der Waals surface area contributed by atoms with Crippen molar-refractivity contribution in [1.82, 2.24) is 5.32 Å². The second kappa shape index (κ2) is 5.68. The van der Waals surface area contributed by atoms with E-state index in [2.05, 4.69) is 54.7 Å². The van der Waals surface area contributed by atoms with Crippen molar-refractivity contribution in [2.24, 2.45) is 0 Å². The highest BCUT2D eigenvalue weighted by Gasteiger charge is 2.37. The van der Waals surface area contributed by atoms with Gasteiger partial charge in [0.2, 0.25) is 0 Å². The summed E-state index contributed by atoms with van der Waals surface area (Å²) < 4.78 is 5.24. The van der Waals surface area contributed by atoms with Gasteiger partial charge in [0.05, 0.1) is 7.11 Å². The van der Waals surface area contributed by atoms with E-state index >= 15 is 0 Å². The monoisotopic (exact) mass is 267 g/mol. The molecular weight excluding hydrogens is 246 g/mol. The fraction of sp³-hybridized carbons (Fsp3) is 0.333. The Morgan fingerprint density at radius 2 is 1.95 bits per heavy atom. The first-order valence-electron chi connectivity index (χ1n) is 7.20. The zero-order chi connectivity index (χ0) is 13.9. The summed E-state index contributed by atoms with van der Waals surface area (Å²) in [4.78, 5) is 0. The van der Waals surface area contributed by atoms with Gasteiger partial charge in [-0.05, 0) is 42.2 Å². The van der Waals surface area contributed by atoms with Crippen LogP contribution in [-0.4, -0.2) is 13.2 Å². The van der Waals surface area contributed by atoms with Crippen molar-refractivity contribution in [3.8, 4) is 5.75 Å². The van der Waals surface area contributed by atoms with Gasteiger partial charge in [-0.3, -0.25) is 0 Å². The molecule has 104 valence electrons. The molecule has 1 aliphatic carbocycles. The second-order valence-corrected chi connectivity index (χ2v) is 5.53. The summed E-state index contributed by atoms with van der Waals surface area (Å²) in [7, 11) is 1.71. The van der Waals surface area contributed by atoms with Crippen LogP contribution in [0.3, 0.4) is 0 Å². The van der Waals surface area contributed by atoms with Gasteiger partial charge in [0.15, 0.2) is 0 Å². The highest BCUT2D eigenvalue weighted by molar-refractivity contribution is 5.35. The summed E-state index contributed by atoms with van der Waals surface area (Å²) in [6.07, 6.45) is 1.25. The number of aryl methyl sites for hydroxylation is 1. The Hall–Kier alpha value is -1.80. The van der Waals surface area contributed by atoms with Crippen LogP contribution in [-0.2, 0) is 6.54 Å². The molecule has 20 heavy (non-hydrogen) atoms. The Labute approximate surface area is 120 Å². The Balaban J connectivity index is 1.56. The number of benzene rings is 2. The largest absolute Gasteiger partial charge is 0.497 e. The van der Waals surface area contributed by atoms with Crippen molar-refractivity contribution in [2.45, 2.75) is 31.8 Å². The summed E-state index contributed by atoms with van der Waals surface area (Å²) in [5, 5.41) is 3.66. The average molecular weight is 267 g/mol. The molecule has 2 heteroatoms. The quantitative estimate of drug-likeness (QED) is 0.893. The van der Waals surface area contributed by atoms with E-state index in [4.69, 9.17) is 4.74 Å². The van der Waals surface area contributed by atoms with Gasteiger partial charge in [-0.1, -0.05) is 36.4 Å². The van der Waals surface area contributed by atoms with E-state index in [1.54, 1.807) is 7.11 Å². The van der Waals surface area contributed by atoms with E-state index in [9.17, 15) is 0 Å². The van der Waals surface area contributed by atoms with Crippen LogP contribution in [0.25, 0.3) is 0 Å². The van der Waals surface area contributed by atoms with Crippen molar-refractivity contribution < 1.29 is 4.74 Å². The third-order valence-electron chi connectivity index (χ3n) is 4.12. The van der Waals surface area contributed by atoms with Crippen LogP contribution in [0.1, 0.15) is 29.0 Å². The van der Waals surface area contributed by atoms with E-state index in [1.807, 2.05) is 6.07 Å². The lowest BCUT2D eigenvalue weighted by Crippen LogP contribution is -2.17. The molecule has 2 nitrogen and oxygen atoms in total. The normalized spacial score (nSPS) is 20.7. The molecule has 0 heterocycles. The molecule has 0 aromatic heterocycles. The summed E-state index contributed by atoms with van der Waals surface area (Å²) in [5.74, 6) is 1.62. The number of rotatable bonds is 5. The Kier molecular flexibility index (Phi) is 3.75. The molecule has 0 radical (unpaired) electrons. The lowest BCUT2D eigenvalue weighted by Gasteiger charge is -2.09. The highest BCUT2D eigenvalue weighted by Crippen LogP contribution is 2.40. The maximum absolute atomic E-state index is 5.24. The average Bonchev–Trinajstić information content (AvgIpc) is 3.26. The summed E-state index contributed by atoms with van der Waals surface area (Å²) in [5.41, 5.74) is 4.09. The van der Waals surface area contributed by atoms with Crippen LogP contribution in [0.2, 0.25) is 0 Å². The van der Waals surface area contributed by atoms with Crippen LogP contribution >= 0.6 is 0 Å². The molecule has 1 saturated carbocycles. The van der Waals surface area contributed by atoms with Crippen molar-refractivity contribution in [1.29, 1.82) is 0 Å². The molecule has 2 atom stereocenters. The van der Waals surface area contributed by atoms with Gasteiger partial charge >= 0.3 is 0 Å². The Morgan fingerprint density at radius 3 is 2.65 bits per heavy atom. The van der Waals surface area contributed by atoms with Gasteiger partial charge in [0.25, 0.3) is 0 Å². The standard InChI is InChI=1S/C18H21NO/c1-13-10-16(20-2)9-8-15(13)12-19-18-11-17(18)14-6-4-3-5-7-14/h3-10,17-19H,11-12H2,1-2H3/t17-,18+/m0/s1. The van der Waals surface area contributed by atoms with E-state index in [-0.39, 0.29) is 0 Å². The maximum atomic E-state index is 5.24. The lowest BCUT2D eigenvalue weighted by molar-refractivity contribution is 0.414. The predicted octanol–water partition coefficient (Wildman–Crippen LogP) is 3.65. The van der Waals surface area contributed by atoms with Crippen molar-refractivity contribution >= 4 is 0 Å². The zero-order valence-electron chi connectivity index (χ0n) is 12.1. The Bertz CT molecular complexity index is 579. The zero-order valence-corrected chi connectivity index (χ0v) is 12.1. The van der Waals surface area contributed by atoms with E-state index in [0.29, 0.717) is 12.0 Å². The third kappa shape index (κ3) is 2.86. The predicted molar refractivity (Wildman–Crippen MR) is 82.2 cm³/mol. The first-order chi connectivity index (χ1) is 9.78. The minimum absolute atomic E-state index is 0.624. The number of hydrogen-bond donors (Lipinski definition) is 1. The smallest absolute Gasteiger partial charge is 0.119 e. The van der Waals surface area contributed by atoms with Gasteiger partial charge in [-0.2, -0.15) is 0 Å². The molecule has 1 N–H and O–H groups in total. The first kappa shape index (κ1) is 13.2. The summed E-state index contributed by atoms with van der Waals surface area (Å²) >= 11 is 0. The molecule has 0 saturated heterocycles. The Morgan fingerprint density at radius 1 is 1.15 bits per heavy atom. The summed E-state index contributed by atoms with van der Waals surface area (Å²) in [6.45, 7) is 3.07. The highest BCUT2D eigenvalue weighted by atomic mass is 16.5. The number of methoxy groups -OCH3 is 1. The minimum Gasteiger partial charge on any atom is -0.497 e. The number of hydrogen-bond acceptors (Lipinski definition) is 2. The molecule has 0 unspecified atom stereocenters. The molecular formula is C18H21NO. The van der Waals surface area contributed by atoms with E-state index < -0.39 is 0 Å². The lowest BCUT2D eigenvalue weighted by atomic mass is 10.1. The molecule has 0 spiro atoms. The van der Waals surface area contributed by atoms with Gasteiger partial charge in [-0.15, -0.1) is 0 Å². The molecule has 1 fully saturated rings. The van der Waals surface area contributed by atoms with Crippen LogP contribution in [0.15, 0.2) is 48.5 Å². The van der Waals surface area contributed by atoms with Crippen molar-refractivity contribution in [3.63, 3.8) is 0 Å². The van der Waals surface area contributed by atoms with Crippen LogP contribution in [0.4, 0.5) is 0 Å². The van der Waals surface area contributed by atoms with Crippen LogP contribution in [0.5, 0.6) is 5.75 Å². The van der Waals surface area contributed by atoms with Gasteiger partial charge in [0.1, 0.15) is 5.75 Å². The fourth-order valence-corrected chi connectivity index (χ4v) is 2.72. The maximum Gasteiger partial charge on any atom is 0.119 e. The molecule has 1 aliphatic rings. The minimum atomic E-state index is 0.624. The van der Waals surface area contributed by atoms with Gasteiger partial charge in [-0.25, -0.2) is 0 Å². The molecule has 2 aromatic carbocycles. The molecule has 0 amide bonds. The molecule has 0 aliphatic heterocycles. The SMILES string of the molecule is COc1ccc(CN[C@@H]2C[C@H]2c2ccccc2)c(C)c1. The first-order valence-corrected chi connectivity index (χ1v) is 7.20. The second-order valence-electron chi connectivity index (χ2n) is 5.53. The van der Waals surface area contributed by atoms with Crippen LogP contribution < -0.4 is 10.1 Å². The number of ether oxygens (including phenoxy) is 1. The molecule has 2 aromatic rings. The third-order valence-corrected chi connectivity index (χ3v) is 4.12. The summed E-state index contributed by atoms with van der Waals surface area (Å²) in [6, 6.07) is 17.7. The van der Waals surface area contributed by atoms with Gasteiger partial charge in [0, 0.05) is 18.5 Å². The van der Waals surface area contributed by atoms with E-state index in [0.717, 1.165) is 12.3 Å². The van der Waals surface area contributed by atoms with E-state index in [1.165, 1.54) is 23.1 Å². The fourth-order valence-electron chi connectivity index (χ4n) is 2.72. The molecule has 3 rings (SSSR count). The van der Waals surface area contributed by atoms with Crippen LogP contribution in [0, 0.1) is 6.92 Å². The van der Waals surface area contributed by atoms with Crippen molar-refractivity contribution in [2.75, 3.05) is 7.11 Å².